The number of non-ortho nitro benzene ring substituents is 1. The Morgan fingerprint density at radius 3 is 2.33 bits per heavy atom. The smallest absolute Gasteiger partial charge is 0.272 e. The van der Waals surface area contributed by atoms with E-state index in [1.54, 1.807) is 0 Å². The first-order valence-electron chi connectivity index (χ1n) is 3.88. The van der Waals surface area contributed by atoms with Crippen molar-refractivity contribution in [3.8, 4) is 0 Å². The lowest BCUT2D eigenvalue weighted by molar-refractivity contribution is -0.842. The molecule has 0 spiro atoms. The number of hydrazine groups is 1. The molecule has 0 aromatic heterocycles. The number of benzene rings is 1. The van der Waals surface area contributed by atoms with Gasteiger partial charge in [0.05, 0.1) is 12.0 Å². The summed E-state index contributed by atoms with van der Waals surface area (Å²) in [5, 5.41) is 31.2. The van der Waals surface area contributed by atoms with E-state index in [2.05, 4.69) is 5.28 Å². The van der Waals surface area contributed by atoms with Crippen LogP contribution in [0.15, 0.2) is 29.5 Å². The van der Waals surface area contributed by atoms with E-state index in [0.29, 0.717) is 5.69 Å². The summed E-state index contributed by atoms with van der Waals surface area (Å²) in [6, 6.07) is 5.37. The molecule has 0 heterocycles. The maximum atomic E-state index is 10.3. The van der Waals surface area contributed by atoms with Gasteiger partial charge in [0.15, 0.2) is 0 Å². The molecular formula is C7H9N4O4+. The van der Waals surface area contributed by atoms with E-state index in [0.717, 1.165) is 5.01 Å². The third-order valence-corrected chi connectivity index (χ3v) is 1.78. The standard InChI is InChI=1S/C7H8N4O4/c1-9(11(15)8-12)6-2-4-7(5-3-6)10(13)14/h2-5,15H,1H3/p+1. The van der Waals surface area contributed by atoms with Gasteiger partial charge in [0.1, 0.15) is 5.69 Å². The second kappa shape index (κ2) is 4.22. The van der Waals surface area contributed by atoms with E-state index in [1.807, 2.05) is 0 Å². The van der Waals surface area contributed by atoms with E-state index in [4.69, 9.17) is 10.4 Å². The predicted molar refractivity (Wildman–Crippen MR) is 47.8 cm³/mol. The normalized spacial score (nSPS) is 11.1. The lowest BCUT2D eigenvalue weighted by atomic mass is 10.3. The number of anilines is 1. The molecule has 0 amide bonds. The van der Waals surface area contributed by atoms with Gasteiger partial charge in [-0.2, -0.15) is 0 Å². The maximum Gasteiger partial charge on any atom is 0.272 e. The maximum absolute atomic E-state index is 10.3. The molecule has 1 aromatic carbocycles. The zero-order chi connectivity index (χ0) is 11.4. The van der Waals surface area contributed by atoms with Gasteiger partial charge in [0.2, 0.25) is 0 Å². The molecule has 0 radical (unpaired) electrons. The first kappa shape index (κ1) is 10.7. The molecular weight excluding hydrogens is 204 g/mol. The second-order valence-electron chi connectivity index (χ2n) is 2.65. The van der Waals surface area contributed by atoms with Gasteiger partial charge in [-0.25, -0.2) is 5.21 Å². The molecule has 80 valence electrons. The molecule has 0 saturated carbocycles. The number of hydrogen-bond acceptors (Lipinski definition) is 3. The molecule has 8 heteroatoms. The van der Waals surface area contributed by atoms with Gasteiger partial charge < -0.3 is 5.21 Å². The molecule has 0 unspecified atom stereocenters. The van der Waals surface area contributed by atoms with Gasteiger partial charge in [0.25, 0.3) is 15.9 Å². The molecule has 15 heavy (non-hydrogen) atoms. The zero-order valence-corrected chi connectivity index (χ0v) is 7.81. The van der Waals surface area contributed by atoms with Crippen LogP contribution in [0.25, 0.3) is 0 Å². The van der Waals surface area contributed by atoms with Crippen LogP contribution in [-0.4, -0.2) is 27.4 Å². The minimum Gasteiger partial charge on any atom is -0.357 e. The van der Waals surface area contributed by atoms with Crippen LogP contribution in [0.4, 0.5) is 11.4 Å². The average Bonchev–Trinajstić information content (AvgIpc) is 2.27. The minimum atomic E-state index is -0.531. The largest absolute Gasteiger partial charge is 0.357 e. The van der Waals surface area contributed by atoms with Crippen molar-refractivity contribution in [2.75, 3.05) is 12.1 Å². The topological polar surface area (TPSA) is 102 Å². The number of nitrogens with zero attached hydrogens (tertiary/aromatic N) is 4. The van der Waals surface area contributed by atoms with Crippen LogP contribution >= 0.6 is 0 Å². The molecule has 0 aliphatic carbocycles. The first-order valence-corrected chi connectivity index (χ1v) is 3.88. The Hall–Kier alpha value is -2.38. The Kier molecular flexibility index (Phi) is 3.01. The van der Waals surface area contributed by atoms with Crippen molar-refractivity contribution in [3.63, 3.8) is 0 Å². The summed E-state index contributed by atoms with van der Waals surface area (Å²) in [4.78, 5) is 10.0. The predicted octanol–water partition coefficient (Wildman–Crippen LogP) is 1.19. The summed E-state index contributed by atoms with van der Waals surface area (Å²) in [5.41, 5.74) is 0.374. The Morgan fingerprint density at radius 1 is 1.40 bits per heavy atom. The van der Waals surface area contributed by atoms with E-state index < -0.39 is 4.92 Å². The molecule has 0 saturated heterocycles. The molecule has 1 rings (SSSR count). The highest BCUT2D eigenvalue weighted by Crippen LogP contribution is 2.17. The number of rotatable bonds is 3. The third kappa shape index (κ3) is 2.30. The van der Waals surface area contributed by atoms with Crippen LogP contribution in [-0.2, 0) is 0 Å². The van der Waals surface area contributed by atoms with Gasteiger partial charge in [-0.1, -0.05) is 5.01 Å². The SMILES string of the molecule is CN(c1ccc([N+](=O)[O-])cc1)[N+](O)=NO. The highest BCUT2D eigenvalue weighted by molar-refractivity contribution is 5.48. The fourth-order valence-corrected chi connectivity index (χ4v) is 0.953. The highest BCUT2D eigenvalue weighted by atomic mass is 16.6. The van der Waals surface area contributed by atoms with Crippen molar-refractivity contribution < 1.29 is 20.3 Å². The van der Waals surface area contributed by atoms with E-state index in [-0.39, 0.29) is 10.7 Å². The van der Waals surface area contributed by atoms with E-state index in [9.17, 15) is 10.1 Å². The van der Waals surface area contributed by atoms with Crippen LogP contribution in [0.3, 0.4) is 0 Å². The van der Waals surface area contributed by atoms with Crippen LogP contribution in [0.5, 0.6) is 0 Å². The Balaban J connectivity index is 2.94. The molecule has 0 aliphatic heterocycles. The summed E-state index contributed by atoms with van der Waals surface area (Å²) in [6.07, 6.45) is 0. The van der Waals surface area contributed by atoms with Crippen molar-refractivity contribution in [1.29, 1.82) is 0 Å². The second-order valence-corrected chi connectivity index (χ2v) is 2.65. The lowest BCUT2D eigenvalue weighted by Crippen LogP contribution is -2.27. The van der Waals surface area contributed by atoms with Gasteiger partial charge in [-0.3, -0.25) is 10.1 Å². The lowest BCUT2D eigenvalue weighted by Gasteiger charge is -2.04. The van der Waals surface area contributed by atoms with Crippen molar-refractivity contribution in [2.45, 2.75) is 0 Å². The van der Waals surface area contributed by atoms with Crippen molar-refractivity contribution in [2.24, 2.45) is 5.28 Å². The Labute approximate surface area is 84.3 Å². The summed E-state index contributed by atoms with van der Waals surface area (Å²) >= 11 is 0. The average molecular weight is 213 g/mol. The van der Waals surface area contributed by atoms with Crippen molar-refractivity contribution in [3.05, 3.63) is 34.4 Å². The summed E-state index contributed by atoms with van der Waals surface area (Å²) in [7, 11) is 1.42. The molecule has 0 atom stereocenters. The van der Waals surface area contributed by atoms with E-state index >= 15 is 0 Å². The molecule has 0 bridgehead atoms. The fraction of sp³-hybridized carbons (Fsp3) is 0.143. The Morgan fingerprint density at radius 2 is 1.93 bits per heavy atom. The van der Waals surface area contributed by atoms with Gasteiger partial charge >= 0.3 is 0 Å². The monoisotopic (exact) mass is 213 g/mol. The number of nitro benzene ring substituents is 1. The van der Waals surface area contributed by atoms with Crippen LogP contribution in [0.1, 0.15) is 0 Å². The Bertz CT molecular complexity index is 388. The summed E-state index contributed by atoms with van der Waals surface area (Å²) < 4.78 is 0. The third-order valence-electron chi connectivity index (χ3n) is 1.78. The molecule has 2 N–H and O–H groups in total. The number of hydrogen-bond donors (Lipinski definition) is 2. The quantitative estimate of drug-likeness (QED) is 0.340. The molecule has 0 aliphatic rings. The van der Waals surface area contributed by atoms with Gasteiger partial charge in [0, 0.05) is 12.1 Å². The van der Waals surface area contributed by atoms with Crippen molar-refractivity contribution in [1.82, 2.24) is 0 Å². The molecule has 0 fully saturated rings. The minimum absolute atomic E-state index is 0.0578. The molecule has 8 nitrogen and oxygen atoms in total. The van der Waals surface area contributed by atoms with Gasteiger partial charge in [-0.05, 0) is 12.1 Å². The number of nitro groups is 1. The zero-order valence-electron chi connectivity index (χ0n) is 7.81. The van der Waals surface area contributed by atoms with E-state index in [1.165, 1.54) is 31.3 Å². The van der Waals surface area contributed by atoms with Gasteiger partial charge in [-0.15, -0.1) is 0 Å². The first-order chi connectivity index (χ1) is 7.06. The van der Waals surface area contributed by atoms with Crippen LogP contribution in [0.2, 0.25) is 0 Å². The summed E-state index contributed by atoms with van der Waals surface area (Å²) in [5.74, 6) is 0. The van der Waals surface area contributed by atoms with Crippen LogP contribution < -0.4 is 5.01 Å². The molecule has 1 aromatic rings. The summed E-state index contributed by atoms with van der Waals surface area (Å²) in [6.45, 7) is 0. The van der Waals surface area contributed by atoms with Crippen molar-refractivity contribution >= 4 is 11.4 Å². The van der Waals surface area contributed by atoms with Crippen LogP contribution in [0, 0.1) is 10.1 Å². The fourth-order valence-electron chi connectivity index (χ4n) is 0.953. The highest BCUT2D eigenvalue weighted by Gasteiger charge is 2.16.